The lowest BCUT2D eigenvalue weighted by Crippen LogP contribution is -1.95. The van der Waals surface area contributed by atoms with Crippen molar-refractivity contribution in [3.63, 3.8) is 0 Å². The van der Waals surface area contributed by atoms with Crippen molar-refractivity contribution in [2.24, 2.45) is 0 Å². The van der Waals surface area contributed by atoms with Crippen LogP contribution in [0.25, 0.3) is 10.1 Å². The van der Waals surface area contributed by atoms with Crippen LogP contribution < -0.4 is 4.74 Å². The van der Waals surface area contributed by atoms with E-state index in [0.717, 1.165) is 33.2 Å². The van der Waals surface area contributed by atoms with Gasteiger partial charge in [-0.1, -0.05) is 29.8 Å². The van der Waals surface area contributed by atoms with Crippen LogP contribution in [0.1, 0.15) is 21.4 Å². The second-order valence-corrected chi connectivity index (χ2v) is 7.12. The van der Waals surface area contributed by atoms with E-state index < -0.39 is 0 Å². The Labute approximate surface area is 137 Å². The number of benzene rings is 2. The van der Waals surface area contributed by atoms with Gasteiger partial charge < -0.3 is 4.74 Å². The van der Waals surface area contributed by atoms with Crippen LogP contribution in [0.3, 0.4) is 0 Å². The van der Waals surface area contributed by atoms with Crippen molar-refractivity contribution < 1.29 is 4.74 Å². The van der Waals surface area contributed by atoms with Gasteiger partial charge in [-0.2, -0.15) is 0 Å². The molecule has 0 radical (unpaired) electrons. The molecular weight excluding hydrogens is 323 g/mol. The van der Waals surface area contributed by atoms with Crippen LogP contribution in [0.5, 0.6) is 5.75 Å². The Bertz CT molecular complexity index is 792. The highest BCUT2D eigenvalue weighted by molar-refractivity contribution is 7.19. The molecule has 0 spiro atoms. The number of ether oxygens (including phenoxy) is 1. The van der Waals surface area contributed by atoms with E-state index in [0.29, 0.717) is 6.61 Å². The largest absolute Gasteiger partial charge is 0.493 e. The van der Waals surface area contributed by atoms with E-state index in [1.54, 1.807) is 11.3 Å². The quantitative estimate of drug-likeness (QED) is 0.536. The summed E-state index contributed by atoms with van der Waals surface area (Å²) in [5.41, 5.74) is 2.13. The minimum atomic E-state index is -0.229. The molecule has 4 rings (SSSR count). The molecule has 106 valence electrons. The third-order valence-corrected chi connectivity index (χ3v) is 5.74. The van der Waals surface area contributed by atoms with E-state index in [9.17, 15) is 0 Å². The lowest BCUT2D eigenvalue weighted by atomic mass is 10.0. The monoisotopic (exact) mass is 334 g/mol. The van der Waals surface area contributed by atoms with Gasteiger partial charge in [-0.15, -0.1) is 22.9 Å². The van der Waals surface area contributed by atoms with Gasteiger partial charge in [-0.25, -0.2) is 0 Å². The van der Waals surface area contributed by atoms with Gasteiger partial charge in [0.25, 0.3) is 0 Å². The lowest BCUT2D eigenvalue weighted by Gasteiger charge is -2.13. The zero-order valence-electron chi connectivity index (χ0n) is 11.1. The van der Waals surface area contributed by atoms with E-state index in [1.807, 2.05) is 24.3 Å². The summed E-state index contributed by atoms with van der Waals surface area (Å²) in [5.74, 6) is 0.914. The van der Waals surface area contributed by atoms with Crippen molar-refractivity contribution >= 4 is 44.6 Å². The van der Waals surface area contributed by atoms with Gasteiger partial charge in [0, 0.05) is 26.6 Å². The van der Waals surface area contributed by atoms with Crippen molar-refractivity contribution in [3.05, 3.63) is 63.5 Å². The normalized spacial score (nSPS) is 15.0. The maximum Gasteiger partial charge on any atom is 0.127 e. The topological polar surface area (TPSA) is 9.23 Å². The molecule has 0 aliphatic carbocycles. The molecule has 1 nitrogen and oxygen atoms in total. The first-order chi connectivity index (χ1) is 10.2. The molecule has 3 aromatic rings. The maximum absolute atomic E-state index is 6.73. The molecule has 1 unspecified atom stereocenters. The van der Waals surface area contributed by atoms with E-state index >= 15 is 0 Å². The maximum atomic E-state index is 6.73. The second kappa shape index (κ2) is 5.20. The van der Waals surface area contributed by atoms with Gasteiger partial charge >= 0.3 is 0 Å². The number of alkyl halides is 1. The zero-order valence-corrected chi connectivity index (χ0v) is 13.4. The van der Waals surface area contributed by atoms with E-state index in [4.69, 9.17) is 27.9 Å². The first-order valence-corrected chi connectivity index (χ1v) is 8.43. The summed E-state index contributed by atoms with van der Waals surface area (Å²) < 4.78 is 7.01. The van der Waals surface area contributed by atoms with Gasteiger partial charge in [0.2, 0.25) is 0 Å². The Balaban J connectivity index is 1.83. The zero-order chi connectivity index (χ0) is 14.4. The van der Waals surface area contributed by atoms with Crippen LogP contribution >= 0.6 is 34.5 Å². The minimum absolute atomic E-state index is 0.229. The Morgan fingerprint density at radius 2 is 2.00 bits per heavy atom. The summed E-state index contributed by atoms with van der Waals surface area (Å²) in [6.07, 6.45) is 0.902. The summed E-state index contributed by atoms with van der Waals surface area (Å²) in [6, 6.07) is 14.4. The Morgan fingerprint density at radius 3 is 2.86 bits per heavy atom. The summed E-state index contributed by atoms with van der Waals surface area (Å²) in [6.45, 7) is 0.707. The molecule has 0 saturated carbocycles. The molecule has 2 heterocycles. The highest BCUT2D eigenvalue weighted by atomic mass is 35.5. The summed E-state index contributed by atoms with van der Waals surface area (Å²) in [5, 5.41) is 1.72. The fourth-order valence-electron chi connectivity index (χ4n) is 2.77. The fourth-order valence-corrected chi connectivity index (χ4v) is 4.44. The molecule has 1 aliphatic rings. The first-order valence-electron chi connectivity index (χ1n) is 6.80. The van der Waals surface area contributed by atoms with Crippen LogP contribution in [-0.4, -0.2) is 6.61 Å². The van der Waals surface area contributed by atoms with Crippen molar-refractivity contribution in [2.75, 3.05) is 6.61 Å². The van der Waals surface area contributed by atoms with Crippen LogP contribution in [0, 0.1) is 0 Å². The molecule has 0 fully saturated rings. The number of halogens is 2. The van der Waals surface area contributed by atoms with Crippen LogP contribution in [0.2, 0.25) is 5.02 Å². The van der Waals surface area contributed by atoms with Gasteiger partial charge in [0.05, 0.1) is 12.0 Å². The minimum Gasteiger partial charge on any atom is -0.493 e. The van der Waals surface area contributed by atoms with Crippen molar-refractivity contribution in [1.29, 1.82) is 0 Å². The number of hydrogen-bond donors (Lipinski definition) is 0. The second-order valence-electron chi connectivity index (χ2n) is 5.13. The molecule has 1 atom stereocenters. The molecule has 4 heteroatoms. The van der Waals surface area contributed by atoms with Gasteiger partial charge in [-0.05, 0) is 35.2 Å². The smallest absolute Gasteiger partial charge is 0.127 e. The van der Waals surface area contributed by atoms with E-state index in [1.165, 1.54) is 10.1 Å². The molecule has 0 saturated heterocycles. The van der Waals surface area contributed by atoms with E-state index in [2.05, 4.69) is 18.2 Å². The van der Waals surface area contributed by atoms with Crippen LogP contribution in [0.4, 0.5) is 0 Å². The fraction of sp³-hybridized carbons (Fsp3) is 0.176. The molecule has 21 heavy (non-hydrogen) atoms. The predicted octanol–water partition coefficient (Wildman–Crippen LogP) is 5.82. The summed E-state index contributed by atoms with van der Waals surface area (Å²) in [4.78, 5) is 1.12. The number of rotatable bonds is 2. The number of thiophene rings is 1. The third-order valence-electron chi connectivity index (χ3n) is 3.74. The average molecular weight is 335 g/mol. The first kappa shape index (κ1) is 13.4. The highest BCUT2D eigenvalue weighted by Crippen LogP contribution is 2.44. The SMILES string of the molecule is Clc1cc2c(c(C(Cl)c3cc4ccccc4s3)c1)OCC2. The molecule has 1 aliphatic heterocycles. The van der Waals surface area contributed by atoms with Gasteiger partial charge in [0.1, 0.15) is 5.75 Å². The Hall–Kier alpha value is -1.22. The molecule has 0 N–H and O–H groups in total. The van der Waals surface area contributed by atoms with Gasteiger partial charge in [0.15, 0.2) is 0 Å². The molecular formula is C17H12Cl2OS. The van der Waals surface area contributed by atoms with Crippen molar-refractivity contribution in [2.45, 2.75) is 11.8 Å². The third kappa shape index (κ3) is 2.32. The summed E-state index contributed by atoms with van der Waals surface area (Å²) in [7, 11) is 0. The predicted molar refractivity (Wildman–Crippen MR) is 90.2 cm³/mol. The highest BCUT2D eigenvalue weighted by Gasteiger charge is 2.24. The summed E-state index contributed by atoms with van der Waals surface area (Å²) >= 11 is 14.7. The lowest BCUT2D eigenvalue weighted by molar-refractivity contribution is 0.354. The molecule has 1 aromatic heterocycles. The van der Waals surface area contributed by atoms with Crippen LogP contribution in [-0.2, 0) is 6.42 Å². The molecule has 2 aromatic carbocycles. The Kier molecular flexibility index (Phi) is 3.33. The Morgan fingerprint density at radius 1 is 1.14 bits per heavy atom. The van der Waals surface area contributed by atoms with Gasteiger partial charge in [-0.3, -0.25) is 0 Å². The van der Waals surface area contributed by atoms with Crippen LogP contribution in [0.15, 0.2) is 42.5 Å². The van der Waals surface area contributed by atoms with Crippen molar-refractivity contribution in [1.82, 2.24) is 0 Å². The molecule has 0 bridgehead atoms. The number of hydrogen-bond acceptors (Lipinski definition) is 2. The standard InChI is InChI=1S/C17H12Cl2OS/c18-12-7-11-5-6-20-17(11)13(9-12)16(19)15-8-10-3-1-2-4-14(10)21-15/h1-4,7-9,16H,5-6H2. The molecule has 0 amide bonds. The average Bonchev–Trinajstić information content (AvgIpc) is 3.11. The van der Waals surface area contributed by atoms with E-state index in [-0.39, 0.29) is 5.38 Å². The van der Waals surface area contributed by atoms with Crippen molar-refractivity contribution in [3.8, 4) is 5.75 Å². The number of fused-ring (bicyclic) bond motifs is 2.